The summed E-state index contributed by atoms with van der Waals surface area (Å²) in [6.07, 6.45) is -2.60. The third-order valence-electron chi connectivity index (χ3n) is 4.60. The van der Waals surface area contributed by atoms with E-state index in [-0.39, 0.29) is 30.7 Å². The molecule has 1 fully saturated rings. The minimum absolute atomic E-state index is 0.0151. The van der Waals surface area contributed by atoms with Gasteiger partial charge in [-0.05, 0) is 51.8 Å². The van der Waals surface area contributed by atoms with E-state index >= 15 is 0 Å². The summed E-state index contributed by atoms with van der Waals surface area (Å²) in [5, 5.41) is 16.2. The molecular weight excluding hydrogens is 412 g/mol. The number of carbonyl (C=O) groups is 2. The molecule has 2 rings (SSSR count). The van der Waals surface area contributed by atoms with Gasteiger partial charge in [0.05, 0.1) is 18.7 Å². The molecule has 1 aromatic rings. The molecule has 3 N–H and O–H groups in total. The first-order chi connectivity index (χ1) is 14.5. The number of cyclic esters (lactones) is 1. The molecule has 1 aliphatic rings. The highest BCUT2D eigenvalue weighted by atomic mass is 19.1. The topological polar surface area (TPSA) is 100 Å². The van der Waals surface area contributed by atoms with Gasteiger partial charge in [0.25, 0.3) is 0 Å². The van der Waals surface area contributed by atoms with Gasteiger partial charge in [-0.1, -0.05) is 0 Å². The van der Waals surface area contributed by atoms with Crippen molar-refractivity contribution < 1.29 is 33.0 Å². The molecule has 0 radical (unpaired) electrons. The van der Waals surface area contributed by atoms with Gasteiger partial charge in [-0.3, -0.25) is 0 Å². The van der Waals surface area contributed by atoms with Crippen LogP contribution < -0.4 is 10.6 Å². The average Bonchev–Trinajstić information content (AvgIpc) is 2.98. The molecule has 174 valence electrons. The van der Waals surface area contributed by atoms with E-state index in [1.54, 1.807) is 25.7 Å². The zero-order chi connectivity index (χ0) is 23.2. The quantitative estimate of drug-likeness (QED) is 0.541. The molecular formula is C21H31F2N3O5. The van der Waals surface area contributed by atoms with Gasteiger partial charge in [-0.25, -0.2) is 18.4 Å². The fourth-order valence-electron chi connectivity index (χ4n) is 3.20. The number of aliphatic hydroxyl groups is 1. The molecule has 0 aliphatic carbocycles. The van der Waals surface area contributed by atoms with Gasteiger partial charge in [0.2, 0.25) is 0 Å². The Balaban J connectivity index is 1.98. The number of halogens is 2. The fourth-order valence-corrected chi connectivity index (χ4v) is 3.20. The monoisotopic (exact) mass is 443 g/mol. The highest BCUT2D eigenvalue weighted by Crippen LogP contribution is 2.14. The Bertz CT molecular complexity index is 752. The number of amides is 2. The van der Waals surface area contributed by atoms with E-state index in [4.69, 9.17) is 9.47 Å². The zero-order valence-electron chi connectivity index (χ0n) is 18.3. The minimum Gasteiger partial charge on any atom is -0.444 e. The number of rotatable bonds is 9. The lowest BCUT2D eigenvalue weighted by Crippen LogP contribution is -2.50. The van der Waals surface area contributed by atoms with Gasteiger partial charge in [-0.15, -0.1) is 0 Å². The number of nitrogens with zero attached hydrogens (tertiary/aromatic N) is 1. The van der Waals surface area contributed by atoms with Crippen molar-refractivity contribution >= 4 is 12.2 Å². The summed E-state index contributed by atoms with van der Waals surface area (Å²) >= 11 is 0. The number of hydrogen-bond acceptors (Lipinski definition) is 6. The van der Waals surface area contributed by atoms with Crippen LogP contribution in [0.25, 0.3) is 0 Å². The predicted molar refractivity (Wildman–Crippen MR) is 110 cm³/mol. The Morgan fingerprint density at radius 3 is 2.52 bits per heavy atom. The fraction of sp³-hybridized carbons (Fsp3) is 0.619. The molecule has 0 aromatic heterocycles. The average molecular weight is 443 g/mol. The number of alkyl carbamates (subject to hydrolysis) is 1. The van der Waals surface area contributed by atoms with Crippen LogP contribution in [0, 0.1) is 11.6 Å². The maximum Gasteiger partial charge on any atom is 0.410 e. The third kappa shape index (κ3) is 8.29. The maximum absolute atomic E-state index is 13.6. The molecule has 1 saturated heterocycles. The second-order valence-electron chi connectivity index (χ2n) is 8.50. The Labute approximate surface area is 180 Å². The zero-order valence-corrected chi connectivity index (χ0v) is 18.3. The second kappa shape index (κ2) is 10.7. The summed E-state index contributed by atoms with van der Waals surface area (Å²) in [5.74, 6) is -1.50. The number of nitrogens with one attached hydrogen (secondary N) is 2. The molecule has 0 unspecified atom stereocenters. The number of aliphatic hydroxyl groups excluding tert-OH is 1. The maximum atomic E-state index is 13.6. The molecule has 1 heterocycles. The van der Waals surface area contributed by atoms with Crippen molar-refractivity contribution in [3.05, 3.63) is 35.4 Å². The van der Waals surface area contributed by atoms with Crippen molar-refractivity contribution in [3.63, 3.8) is 0 Å². The van der Waals surface area contributed by atoms with Crippen LogP contribution in [0.15, 0.2) is 18.2 Å². The highest BCUT2D eigenvalue weighted by molar-refractivity contribution is 5.69. The molecule has 10 heteroatoms. The summed E-state index contributed by atoms with van der Waals surface area (Å²) in [6.45, 7) is 8.30. The molecule has 8 nitrogen and oxygen atoms in total. The van der Waals surface area contributed by atoms with Crippen LogP contribution in [0.1, 0.15) is 33.3 Å². The summed E-state index contributed by atoms with van der Waals surface area (Å²) in [4.78, 5) is 25.4. The van der Waals surface area contributed by atoms with Gasteiger partial charge in [-0.2, -0.15) is 0 Å². The molecule has 0 spiro atoms. The van der Waals surface area contributed by atoms with Crippen LogP contribution in [0.2, 0.25) is 0 Å². The van der Waals surface area contributed by atoms with E-state index in [1.807, 2.05) is 6.92 Å². The van der Waals surface area contributed by atoms with E-state index < -0.39 is 35.5 Å². The second-order valence-corrected chi connectivity index (χ2v) is 8.50. The largest absolute Gasteiger partial charge is 0.444 e. The number of benzene rings is 1. The molecule has 0 bridgehead atoms. The summed E-state index contributed by atoms with van der Waals surface area (Å²) < 4.78 is 37.6. The van der Waals surface area contributed by atoms with Gasteiger partial charge in [0.15, 0.2) is 0 Å². The van der Waals surface area contributed by atoms with E-state index in [2.05, 4.69) is 10.6 Å². The van der Waals surface area contributed by atoms with Crippen molar-refractivity contribution in [2.45, 2.75) is 58.0 Å². The van der Waals surface area contributed by atoms with Crippen LogP contribution in [-0.4, -0.2) is 72.2 Å². The number of likely N-dealkylation sites (N-methyl/N-ethyl adjacent to an activating group) is 1. The number of ether oxygens (including phenoxy) is 2. The van der Waals surface area contributed by atoms with Crippen molar-refractivity contribution in [3.8, 4) is 0 Å². The lowest BCUT2D eigenvalue weighted by atomic mass is 10.0. The van der Waals surface area contributed by atoms with Crippen LogP contribution in [0.3, 0.4) is 0 Å². The molecule has 1 aliphatic heterocycles. The van der Waals surface area contributed by atoms with E-state index in [1.165, 1.54) is 0 Å². The molecule has 31 heavy (non-hydrogen) atoms. The Hall–Kier alpha value is -2.46. The Kier molecular flexibility index (Phi) is 8.58. The lowest BCUT2D eigenvalue weighted by Gasteiger charge is -2.27. The minimum atomic E-state index is -1.10. The molecule has 2 amide bonds. The van der Waals surface area contributed by atoms with Crippen LogP contribution >= 0.6 is 0 Å². The van der Waals surface area contributed by atoms with Crippen molar-refractivity contribution in [1.82, 2.24) is 15.5 Å². The summed E-state index contributed by atoms with van der Waals surface area (Å²) in [7, 11) is 0. The lowest BCUT2D eigenvalue weighted by molar-refractivity contribution is 0.0418. The molecule has 1 aromatic carbocycles. The van der Waals surface area contributed by atoms with Crippen LogP contribution in [0.5, 0.6) is 0 Å². The third-order valence-corrected chi connectivity index (χ3v) is 4.60. The predicted octanol–water partition coefficient (Wildman–Crippen LogP) is 2.19. The van der Waals surface area contributed by atoms with Gasteiger partial charge >= 0.3 is 12.2 Å². The standard InChI is InChI=1S/C21H31F2N3O5/c1-5-26-12-16(30-20(26)29)10-24-11-18(27)17(25-19(28)31-21(2,3)4)8-13-6-14(22)9-15(23)7-13/h6-7,9,16-18,24,27H,5,8,10-12H2,1-4H3,(H,25,28)/t16-,17-,18+/m0/s1. The first-order valence-electron chi connectivity index (χ1n) is 10.3. The first kappa shape index (κ1) is 24.8. The van der Waals surface area contributed by atoms with Crippen molar-refractivity contribution in [1.29, 1.82) is 0 Å². The Morgan fingerprint density at radius 1 is 1.32 bits per heavy atom. The van der Waals surface area contributed by atoms with Crippen LogP contribution in [-0.2, 0) is 15.9 Å². The van der Waals surface area contributed by atoms with E-state index in [0.717, 1.165) is 18.2 Å². The smallest absolute Gasteiger partial charge is 0.410 e. The summed E-state index contributed by atoms with van der Waals surface area (Å²) in [6, 6.07) is 2.16. The van der Waals surface area contributed by atoms with E-state index in [0.29, 0.717) is 19.6 Å². The Morgan fingerprint density at radius 2 is 1.97 bits per heavy atom. The van der Waals surface area contributed by atoms with Gasteiger partial charge in [0.1, 0.15) is 23.3 Å². The normalized spacial score (nSPS) is 18.5. The van der Waals surface area contributed by atoms with Gasteiger partial charge < -0.3 is 30.1 Å². The van der Waals surface area contributed by atoms with E-state index in [9.17, 15) is 23.5 Å². The first-order valence-corrected chi connectivity index (χ1v) is 10.3. The summed E-state index contributed by atoms with van der Waals surface area (Å²) in [5.41, 5.74) is -0.471. The SMILES string of the molecule is CCN1C[C@H](CNC[C@@H](O)[C@H](Cc2cc(F)cc(F)c2)NC(=O)OC(C)(C)C)OC1=O. The van der Waals surface area contributed by atoms with Crippen molar-refractivity contribution in [2.75, 3.05) is 26.2 Å². The van der Waals surface area contributed by atoms with Crippen molar-refractivity contribution in [2.24, 2.45) is 0 Å². The van der Waals surface area contributed by atoms with Crippen LogP contribution in [0.4, 0.5) is 18.4 Å². The molecule has 3 atom stereocenters. The highest BCUT2D eigenvalue weighted by Gasteiger charge is 2.30. The molecule has 0 saturated carbocycles. The number of hydrogen-bond donors (Lipinski definition) is 3. The number of carbonyl (C=O) groups excluding carboxylic acids is 2. The van der Waals surface area contributed by atoms with Gasteiger partial charge in [0, 0.05) is 25.7 Å².